The molecule has 9 heteroatoms. The van der Waals surface area contributed by atoms with Gasteiger partial charge in [-0.05, 0) is 57.8 Å². The summed E-state index contributed by atoms with van der Waals surface area (Å²) in [6, 6.07) is -0.887. The van der Waals surface area contributed by atoms with E-state index in [2.05, 4.69) is 55.6 Å². The molecule has 0 aromatic carbocycles. The summed E-state index contributed by atoms with van der Waals surface area (Å²) in [5, 5.41) is 14.0. The van der Waals surface area contributed by atoms with Crippen molar-refractivity contribution in [1.29, 1.82) is 0 Å². The van der Waals surface area contributed by atoms with E-state index in [-0.39, 0.29) is 19.1 Å². The average Bonchev–Trinajstić information content (AvgIpc) is 3.61. The van der Waals surface area contributed by atoms with E-state index in [0.29, 0.717) is 17.4 Å². The molecule has 0 fully saturated rings. The fraction of sp³-hybridized carbons (Fsp3) is 0.887. The number of quaternary nitrogens is 1. The van der Waals surface area contributed by atoms with E-state index in [1.807, 2.05) is 27.2 Å². The maximum Gasteiger partial charge on any atom is 0.268 e. The molecule has 0 saturated heterocycles. The first kappa shape index (κ1) is 87.5. The number of unbranched alkanes of at least 4 members (excludes halogenated alkanes) is 55. The van der Waals surface area contributed by atoms with Crippen LogP contribution in [-0.2, 0) is 18.4 Å². The number of carbonyl (C=O) groups is 1. The first-order chi connectivity index (χ1) is 43.5. The van der Waals surface area contributed by atoms with Crippen molar-refractivity contribution in [1.82, 2.24) is 5.32 Å². The number of hydrogen-bond donors (Lipinski definition) is 2. The lowest BCUT2D eigenvalue weighted by Gasteiger charge is -2.29. The molecule has 8 nitrogen and oxygen atoms in total. The van der Waals surface area contributed by atoms with E-state index in [1.54, 1.807) is 6.08 Å². The maximum absolute atomic E-state index is 13.1. The molecule has 0 aliphatic rings. The zero-order valence-electron chi connectivity index (χ0n) is 60.4. The number of phosphoric ester groups is 1. The van der Waals surface area contributed by atoms with E-state index in [0.717, 1.165) is 51.4 Å². The predicted molar refractivity (Wildman–Crippen MR) is 390 cm³/mol. The van der Waals surface area contributed by atoms with Crippen LogP contribution in [0.2, 0.25) is 0 Å². The predicted octanol–water partition coefficient (Wildman–Crippen LogP) is 25.1. The molecule has 0 heterocycles. The molecular weight excluding hydrogens is 1120 g/mol. The van der Waals surface area contributed by atoms with Gasteiger partial charge in [-0.3, -0.25) is 9.36 Å². The van der Waals surface area contributed by atoms with E-state index in [9.17, 15) is 19.4 Å². The van der Waals surface area contributed by atoms with Crippen molar-refractivity contribution in [3.05, 3.63) is 48.6 Å². The van der Waals surface area contributed by atoms with E-state index >= 15 is 0 Å². The van der Waals surface area contributed by atoms with Crippen LogP contribution >= 0.6 is 7.82 Å². The SMILES string of the molecule is CCCCCCC/C=C\C/C=C\C/C=C\CCCCCCCCCCCCCCCCCCCCCCCCCCCCC(=O)NC(COP(=O)([O-])OCC[N+](C)(C)C)C(O)/C=C/CCCCCCCCCCCCCCCCCCCCCCCCCC. The van der Waals surface area contributed by atoms with Crippen LogP contribution in [0.5, 0.6) is 0 Å². The summed E-state index contributed by atoms with van der Waals surface area (Å²) in [5.74, 6) is -0.188. The summed E-state index contributed by atoms with van der Waals surface area (Å²) in [6.07, 6.45) is 97.0. The Kier molecular flexibility index (Phi) is 69.5. The maximum atomic E-state index is 13.1. The number of amides is 1. The van der Waals surface area contributed by atoms with Gasteiger partial charge in [0.15, 0.2) is 0 Å². The molecule has 0 rings (SSSR count). The molecule has 1 amide bonds. The molecule has 0 aromatic heterocycles. The van der Waals surface area contributed by atoms with Gasteiger partial charge in [0.1, 0.15) is 13.2 Å². The third-order valence-electron chi connectivity index (χ3n) is 18.3. The first-order valence-electron chi connectivity index (χ1n) is 39.5. The highest BCUT2D eigenvalue weighted by molar-refractivity contribution is 7.45. The Labute approximate surface area is 556 Å². The van der Waals surface area contributed by atoms with Gasteiger partial charge in [-0.1, -0.05) is 390 Å². The monoisotopic (exact) mass is 1270 g/mol. The number of hydrogen-bond acceptors (Lipinski definition) is 6. The lowest BCUT2D eigenvalue weighted by molar-refractivity contribution is -0.870. The van der Waals surface area contributed by atoms with E-state index in [1.165, 1.54) is 334 Å². The van der Waals surface area contributed by atoms with E-state index in [4.69, 9.17) is 9.05 Å². The minimum atomic E-state index is -4.61. The number of aliphatic hydroxyl groups excluding tert-OH is 1. The van der Waals surface area contributed by atoms with Gasteiger partial charge in [0.05, 0.1) is 39.9 Å². The van der Waals surface area contributed by atoms with Crippen molar-refractivity contribution in [3.63, 3.8) is 0 Å². The zero-order chi connectivity index (χ0) is 64.8. The first-order valence-corrected chi connectivity index (χ1v) is 41.0. The minimum absolute atomic E-state index is 0.00128. The highest BCUT2D eigenvalue weighted by Gasteiger charge is 2.23. The standard InChI is InChI=1S/C80H155N2O6P/c1-6-8-10-12-14-16-18-20-22-24-26-28-30-32-34-35-36-37-38-39-40-41-42-43-44-45-46-47-48-50-52-54-56-58-60-62-64-66-68-70-72-74-80(84)81-78(77-88-89(85,86)87-76-75-82(3,4)5)79(83)73-71-69-67-65-63-61-59-57-55-53-51-49-33-31-29-27-25-23-21-19-17-15-13-11-9-7-2/h18,20,24,26,30,32,71,73,78-79,83H,6-17,19,21-23,25,27-29,31,33-70,72,74-77H2,1-5H3,(H-,81,84,85,86)/b20-18-,26-24-,32-30-,73-71+. The molecule has 0 aliphatic carbocycles. The van der Waals surface area contributed by atoms with Crippen LogP contribution in [0, 0.1) is 0 Å². The lowest BCUT2D eigenvalue weighted by atomic mass is 10.0. The second kappa shape index (κ2) is 70.8. The number of rotatable bonds is 74. The molecule has 526 valence electrons. The number of nitrogens with one attached hydrogen (secondary N) is 1. The Morgan fingerprint density at radius 3 is 0.944 bits per heavy atom. The fourth-order valence-corrected chi connectivity index (χ4v) is 12.9. The highest BCUT2D eigenvalue weighted by Crippen LogP contribution is 2.38. The second-order valence-corrected chi connectivity index (χ2v) is 29.8. The number of carbonyl (C=O) groups excluding carboxylic acids is 1. The van der Waals surface area contributed by atoms with Crippen molar-refractivity contribution in [2.24, 2.45) is 0 Å². The van der Waals surface area contributed by atoms with Gasteiger partial charge in [-0.15, -0.1) is 0 Å². The summed E-state index contributed by atoms with van der Waals surface area (Å²) in [7, 11) is 1.28. The minimum Gasteiger partial charge on any atom is -0.756 e. The van der Waals surface area contributed by atoms with Crippen LogP contribution in [0.3, 0.4) is 0 Å². The Morgan fingerprint density at radius 1 is 0.393 bits per heavy atom. The average molecular weight is 1270 g/mol. The number of allylic oxidation sites excluding steroid dienone is 7. The smallest absolute Gasteiger partial charge is 0.268 e. The summed E-state index contributed by atoms with van der Waals surface area (Å²) < 4.78 is 23.5. The van der Waals surface area contributed by atoms with Gasteiger partial charge in [-0.2, -0.15) is 0 Å². The zero-order valence-corrected chi connectivity index (χ0v) is 61.3. The molecular formula is C80H155N2O6P. The topological polar surface area (TPSA) is 108 Å². The summed E-state index contributed by atoms with van der Waals surface area (Å²) >= 11 is 0. The van der Waals surface area contributed by atoms with Gasteiger partial charge < -0.3 is 28.8 Å². The molecule has 0 radical (unpaired) electrons. The Hall–Kier alpha value is -1.54. The number of aliphatic hydroxyl groups is 1. The molecule has 2 N–H and O–H groups in total. The molecule has 0 spiro atoms. The van der Waals surface area contributed by atoms with Gasteiger partial charge in [0.25, 0.3) is 7.82 Å². The number of likely N-dealkylation sites (N-methyl/N-ethyl adjacent to an activating group) is 1. The van der Waals surface area contributed by atoms with Crippen LogP contribution < -0.4 is 10.2 Å². The largest absolute Gasteiger partial charge is 0.756 e. The fourth-order valence-electron chi connectivity index (χ4n) is 12.2. The molecule has 89 heavy (non-hydrogen) atoms. The second-order valence-electron chi connectivity index (χ2n) is 28.4. The van der Waals surface area contributed by atoms with Gasteiger partial charge >= 0.3 is 0 Å². The molecule has 0 aromatic rings. The third kappa shape index (κ3) is 73.7. The van der Waals surface area contributed by atoms with Crippen LogP contribution in [0.4, 0.5) is 0 Å². The normalized spacial score (nSPS) is 13.7. The summed E-state index contributed by atoms with van der Waals surface area (Å²) in [6.45, 7) is 4.70. The van der Waals surface area contributed by atoms with E-state index < -0.39 is 20.0 Å². The number of phosphoric acid groups is 1. The Morgan fingerprint density at radius 2 is 0.652 bits per heavy atom. The molecule has 0 saturated carbocycles. The van der Waals surface area contributed by atoms with Crippen LogP contribution in [0.25, 0.3) is 0 Å². The molecule has 3 unspecified atom stereocenters. The van der Waals surface area contributed by atoms with Crippen LogP contribution in [-0.4, -0.2) is 68.5 Å². The number of nitrogens with zero attached hydrogens (tertiary/aromatic N) is 1. The van der Waals surface area contributed by atoms with Crippen LogP contribution in [0.1, 0.15) is 406 Å². The molecule has 0 aliphatic heterocycles. The van der Waals surface area contributed by atoms with Crippen LogP contribution in [0.15, 0.2) is 48.6 Å². The van der Waals surface area contributed by atoms with Crippen molar-refractivity contribution >= 4 is 13.7 Å². The van der Waals surface area contributed by atoms with Crippen molar-refractivity contribution in [2.75, 3.05) is 40.9 Å². The highest BCUT2D eigenvalue weighted by atomic mass is 31.2. The lowest BCUT2D eigenvalue weighted by Crippen LogP contribution is -2.45. The van der Waals surface area contributed by atoms with Gasteiger partial charge in [0.2, 0.25) is 5.91 Å². The van der Waals surface area contributed by atoms with Gasteiger partial charge in [-0.25, -0.2) is 0 Å². The Balaban J connectivity index is 3.92. The van der Waals surface area contributed by atoms with Gasteiger partial charge in [0, 0.05) is 6.42 Å². The summed E-state index contributed by atoms with van der Waals surface area (Å²) in [5.41, 5.74) is 0. The quantitative estimate of drug-likeness (QED) is 0.0272. The van der Waals surface area contributed by atoms with Crippen molar-refractivity contribution in [3.8, 4) is 0 Å². The molecule has 0 bridgehead atoms. The third-order valence-corrected chi connectivity index (χ3v) is 19.2. The Bertz CT molecular complexity index is 1590. The van der Waals surface area contributed by atoms with Crippen molar-refractivity contribution in [2.45, 2.75) is 418 Å². The molecule has 3 atom stereocenters. The summed E-state index contributed by atoms with van der Waals surface area (Å²) in [4.78, 5) is 25.7. The van der Waals surface area contributed by atoms with Crippen molar-refractivity contribution < 1.29 is 32.9 Å².